The molecule has 1 atom stereocenters. The molecule has 0 spiro atoms. The van der Waals surface area contributed by atoms with Gasteiger partial charge in [0.25, 0.3) is 0 Å². The predicted molar refractivity (Wildman–Crippen MR) is 105 cm³/mol. The maximum atomic E-state index is 13.6. The van der Waals surface area contributed by atoms with Crippen LogP contribution in [-0.4, -0.2) is 40.6 Å². The predicted octanol–water partition coefficient (Wildman–Crippen LogP) is 2.66. The van der Waals surface area contributed by atoms with Gasteiger partial charge in [-0.15, -0.1) is 0 Å². The summed E-state index contributed by atoms with van der Waals surface area (Å²) >= 11 is 0. The summed E-state index contributed by atoms with van der Waals surface area (Å²) in [6, 6.07) is 5.89. The standard InChI is InChI=1S/C19H21FN4O3S/c1-11-7-18(24(23-11)14-5-6-28(26,27)10-14)22-19(25)9-15-12(2)21-17-4-3-13(20)8-16(15)17/h3-4,7-8,14,21H,5-6,9-10H2,1-2H3,(H,22,25). The molecule has 1 saturated heterocycles. The van der Waals surface area contributed by atoms with Gasteiger partial charge < -0.3 is 10.3 Å². The Morgan fingerprint density at radius 1 is 1.36 bits per heavy atom. The molecule has 1 aromatic carbocycles. The first-order valence-corrected chi connectivity index (χ1v) is 10.9. The molecule has 1 aliphatic rings. The van der Waals surface area contributed by atoms with Crippen molar-refractivity contribution in [1.82, 2.24) is 14.8 Å². The second-order valence-electron chi connectivity index (χ2n) is 7.32. The Balaban J connectivity index is 1.57. The molecule has 3 aromatic rings. The number of anilines is 1. The second kappa shape index (κ2) is 6.73. The number of nitrogens with zero attached hydrogens (tertiary/aromatic N) is 2. The smallest absolute Gasteiger partial charge is 0.230 e. The Bertz CT molecular complexity index is 1180. The normalized spacial score (nSPS) is 18.6. The largest absolute Gasteiger partial charge is 0.358 e. The van der Waals surface area contributed by atoms with Gasteiger partial charge >= 0.3 is 0 Å². The molecule has 7 nitrogen and oxygen atoms in total. The van der Waals surface area contributed by atoms with Crippen LogP contribution in [0.1, 0.15) is 29.4 Å². The molecule has 148 valence electrons. The molecule has 1 fully saturated rings. The zero-order chi connectivity index (χ0) is 20.1. The molecule has 3 heterocycles. The topological polar surface area (TPSA) is 96.9 Å². The highest BCUT2D eigenvalue weighted by atomic mass is 32.2. The molecular formula is C19H21FN4O3S. The van der Waals surface area contributed by atoms with E-state index in [0.29, 0.717) is 23.3 Å². The molecule has 0 saturated carbocycles. The first kappa shape index (κ1) is 18.7. The van der Waals surface area contributed by atoms with Crippen molar-refractivity contribution in [2.75, 3.05) is 16.8 Å². The summed E-state index contributed by atoms with van der Waals surface area (Å²) < 4.78 is 38.8. The second-order valence-corrected chi connectivity index (χ2v) is 9.54. The van der Waals surface area contributed by atoms with Gasteiger partial charge in [-0.1, -0.05) is 0 Å². The third-order valence-corrected chi connectivity index (χ3v) is 6.85. The van der Waals surface area contributed by atoms with Gasteiger partial charge in [0, 0.05) is 22.7 Å². The molecule has 4 rings (SSSR count). The molecular weight excluding hydrogens is 383 g/mol. The third-order valence-electron chi connectivity index (χ3n) is 5.10. The van der Waals surface area contributed by atoms with E-state index in [4.69, 9.17) is 0 Å². The van der Waals surface area contributed by atoms with Crippen LogP contribution in [0.3, 0.4) is 0 Å². The Morgan fingerprint density at radius 2 is 2.14 bits per heavy atom. The summed E-state index contributed by atoms with van der Waals surface area (Å²) in [4.78, 5) is 15.8. The fourth-order valence-electron chi connectivity index (χ4n) is 3.79. The lowest BCUT2D eigenvalue weighted by molar-refractivity contribution is -0.115. The van der Waals surface area contributed by atoms with Gasteiger partial charge in [-0.3, -0.25) is 4.79 Å². The highest BCUT2D eigenvalue weighted by Crippen LogP contribution is 2.28. The fraction of sp³-hybridized carbons (Fsp3) is 0.368. The van der Waals surface area contributed by atoms with E-state index in [0.717, 1.165) is 16.8 Å². The maximum Gasteiger partial charge on any atom is 0.230 e. The van der Waals surface area contributed by atoms with E-state index in [2.05, 4.69) is 15.4 Å². The number of aromatic nitrogens is 3. The van der Waals surface area contributed by atoms with Crippen LogP contribution < -0.4 is 5.32 Å². The first-order valence-electron chi connectivity index (χ1n) is 9.05. The number of hydrogen-bond donors (Lipinski definition) is 2. The summed E-state index contributed by atoms with van der Waals surface area (Å²) in [6.07, 6.45) is 0.551. The van der Waals surface area contributed by atoms with Gasteiger partial charge in [0.2, 0.25) is 5.91 Å². The van der Waals surface area contributed by atoms with E-state index in [1.165, 1.54) is 12.1 Å². The van der Waals surface area contributed by atoms with E-state index in [9.17, 15) is 17.6 Å². The number of sulfone groups is 1. The number of fused-ring (bicyclic) bond motifs is 1. The Kier molecular flexibility index (Phi) is 4.49. The van der Waals surface area contributed by atoms with Gasteiger partial charge in [0.05, 0.1) is 29.7 Å². The molecule has 0 aliphatic carbocycles. The third kappa shape index (κ3) is 3.54. The number of rotatable bonds is 4. The highest BCUT2D eigenvalue weighted by molar-refractivity contribution is 7.91. The van der Waals surface area contributed by atoms with Crippen molar-refractivity contribution < 1.29 is 17.6 Å². The number of nitrogens with one attached hydrogen (secondary N) is 2. The van der Waals surface area contributed by atoms with E-state index >= 15 is 0 Å². The van der Waals surface area contributed by atoms with Gasteiger partial charge in [0.15, 0.2) is 9.84 Å². The number of carbonyl (C=O) groups excluding carboxylic acids is 1. The lowest BCUT2D eigenvalue weighted by atomic mass is 10.1. The van der Waals surface area contributed by atoms with Crippen LogP contribution in [0.15, 0.2) is 24.3 Å². The molecule has 2 N–H and O–H groups in total. The lowest BCUT2D eigenvalue weighted by Crippen LogP contribution is -2.20. The van der Waals surface area contributed by atoms with Crippen LogP contribution in [0.25, 0.3) is 10.9 Å². The van der Waals surface area contributed by atoms with E-state index < -0.39 is 9.84 Å². The highest BCUT2D eigenvalue weighted by Gasteiger charge is 2.31. The number of aromatic amines is 1. The molecule has 28 heavy (non-hydrogen) atoms. The molecule has 1 unspecified atom stereocenters. The number of hydrogen-bond acceptors (Lipinski definition) is 4. The quantitative estimate of drug-likeness (QED) is 0.699. The number of aryl methyl sites for hydroxylation is 2. The number of halogens is 1. The molecule has 0 bridgehead atoms. The average Bonchev–Trinajstić information content (AvgIpc) is 3.24. The zero-order valence-corrected chi connectivity index (χ0v) is 16.4. The van der Waals surface area contributed by atoms with E-state index in [1.54, 1.807) is 23.7 Å². The van der Waals surface area contributed by atoms with Crippen molar-refractivity contribution >= 4 is 32.5 Å². The lowest BCUT2D eigenvalue weighted by Gasteiger charge is -2.14. The van der Waals surface area contributed by atoms with Crippen LogP contribution in [0, 0.1) is 19.7 Å². The van der Waals surface area contributed by atoms with Gasteiger partial charge in [-0.2, -0.15) is 5.10 Å². The number of benzene rings is 1. The number of amides is 1. The molecule has 1 amide bonds. The van der Waals surface area contributed by atoms with Crippen LogP contribution in [0.4, 0.5) is 10.2 Å². The number of H-pyrrole nitrogens is 1. The Labute approximate surface area is 161 Å². The Morgan fingerprint density at radius 3 is 2.86 bits per heavy atom. The minimum atomic E-state index is -3.07. The van der Waals surface area contributed by atoms with Crippen molar-refractivity contribution in [1.29, 1.82) is 0 Å². The summed E-state index contributed by atoms with van der Waals surface area (Å²) in [6.45, 7) is 3.64. The summed E-state index contributed by atoms with van der Waals surface area (Å²) in [7, 11) is -3.07. The van der Waals surface area contributed by atoms with Crippen LogP contribution in [0.2, 0.25) is 0 Å². The maximum absolute atomic E-state index is 13.6. The van der Waals surface area contributed by atoms with Crippen molar-refractivity contribution in [3.05, 3.63) is 47.0 Å². The van der Waals surface area contributed by atoms with Gasteiger partial charge in [-0.05, 0) is 44.0 Å². The van der Waals surface area contributed by atoms with E-state index in [-0.39, 0.29) is 35.7 Å². The summed E-state index contributed by atoms with van der Waals surface area (Å²) in [5.74, 6) is 0.00913. The average molecular weight is 404 g/mol. The zero-order valence-electron chi connectivity index (χ0n) is 15.6. The van der Waals surface area contributed by atoms with Crippen molar-refractivity contribution in [3.63, 3.8) is 0 Å². The van der Waals surface area contributed by atoms with Crippen molar-refractivity contribution in [3.8, 4) is 0 Å². The van der Waals surface area contributed by atoms with Crippen LogP contribution >= 0.6 is 0 Å². The molecule has 2 aromatic heterocycles. The van der Waals surface area contributed by atoms with Crippen molar-refractivity contribution in [2.45, 2.75) is 32.7 Å². The fourth-order valence-corrected chi connectivity index (χ4v) is 5.48. The van der Waals surface area contributed by atoms with E-state index in [1.807, 2.05) is 6.92 Å². The first-order chi connectivity index (χ1) is 13.2. The molecule has 1 aliphatic heterocycles. The molecule has 9 heteroatoms. The van der Waals surface area contributed by atoms with Gasteiger partial charge in [0.1, 0.15) is 11.6 Å². The van der Waals surface area contributed by atoms with Gasteiger partial charge in [-0.25, -0.2) is 17.5 Å². The number of carbonyl (C=O) groups is 1. The summed E-state index contributed by atoms with van der Waals surface area (Å²) in [5.41, 5.74) is 3.02. The molecule has 0 radical (unpaired) electrons. The SMILES string of the molecule is Cc1cc(NC(=O)Cc2c(C)[nH]c3ccc(F)cc23)n(C2CCS(=O)(=O)C2)n1. The monoisotopic (exact) mass is 404 g/mol. The van der Waals surface area contributed by atoms with Crippen molar-refractivity contribution in [2.24, 2.45) is 0 Å². The Hall–Kier alpha value is -2.68. The summed E-state index contributed by atoms with van der Waals surface area (Å²) in [5, 5.41) is 7.89. The minimum Gasteiger partial charge on any atom is -0.358 e. The van der Waals surface area contributed by atoms with Crippen LogP contribution in [-0.2, 0) is 21.1 Å². The minimum absolute atomic E-state index is 0.0256. The van der Waals surface area contributed by atoms with Crippen LogP contribution in [0.5, 0.6) is 0 Å².